The first-order valence-electron chi connectivity index (χ1n) is 14.9. The summed E-state index contributed by atoms with van der Waals surface area (Å²) in [7, 11) is 0. The van der Waals surface area contributed by atoms with E-state index >= 15 is 0 Å². The van der Waals surface area contributed by atoms with Gasteiger partial charge in [0.05, 0.1) is 22.8 Å². The Bertz CT molecular complexity index is 1990. The fourth-order valence-corrected chi connectivity index (χ4v) is 5.57. The summed E-state index contributed by atoms with van der Waals surface area (Å²) in [6.45, 7) is 4.26. The molecule has 0 saturated heterocycles. The first-order valence-corrected chi connectivity index (χ1v) is 14.9. The number of hydrogen-bond donors (Lipinski definition) is 0. The number of pyridine rings is 1. The van der Waals surface area contributed by atoms with E-state index in [0.717, 1.165) is 67.5 Å². The van der Waals surface area contributed by atoms with Crippen molar-refractivity contribution in [2.45, 2.75) is 13.8 Å². The third-order valence-electron chi connectivity index (χ3n) is 7.75. The van der Waals surface area contributed by atoms with Crippen LogP contribution in [0.3, 0.4) is 0 Å². The third-order valence-corrected chi connectivity index (χ3v) is 7.75. The van der Waals surface area contributed by atoms with E-state index < -0.39 is 0 Å². The number of rotatable bonds is 6. The molecule has 0 saturated carbocycles. The van der Waals surface area contributed by atoms with Crippen molar-refractivity contribution in [1.82, 2.24) is 15.0 Å². The lowest BCUT2D eigenvalue weighted by molar-refractivity contribution is 1.18. The Balaban J connectivity index is 1.26. The molecule has 2 heterocycles. The van der Waals surface area contributed by atoms with Crippen LogP contribution in [0.4, 0.5) is 0 Å². The molecule has 3 nitrogen and oxygen atoms in total. The largest absolute Gasteiger partial charge is 0.248 e. The van der Waals surface area contributed by atoms with Gasteiger partial charge in [-0.2, -0.15) is 0 Å². The Hall–Kier alpha value is -5.67. The molecule has 3 heteroatoms. The van der Waals surface area contributed by atoms with Crippen LogP contribution >= 0.6 is 0 Å². The monoisotopic (exact) mass is 565 g/mol. The molecule has 7 aromatic rings. The van der Waals surface area contributed by atoms with Gasteiger partial charge >= 0.3 is 0 Å². The average Bonchev–Trinajstić information content (AvgIpc) is 3.09. The zero-order valence-electron chi connectivity index (χ0n) is 24.8. The van der Waals surface area contributed by atoms with Crippen LogP contribution in [0.15, 0.2) is 152 Å². The molecule has 0 atom stereocenters. The van der Waals surface area contributed by atoms with E-state index in [1.54, 1.807) is 0 Å². The predicted molar refractivity (Wildman–Crippen MR) is 182 cm³/mol. The smallest absolute Gasteiger partial charge is 0.160 e. The Kier molecular flexibility index (Phi) is 7.35. The second-order valence-corrected chi connectivity index (χ2v) is 11.1. The lowest BCUT2D eigenvalue weighted by Crippen LogP contribution is -1.96. The molecular formula is C41H31N3. The highest BCUT2D eigenvalue weighted by atomic mass is 14.9. The number of nitrogens with zero attached hydrogens (tertiary/aromatic N) is 3. The topological polar surface area (TPSA) is 38.7 Å². The molecule has 0 unspecified atom stereocenters. The molecule has 2 aromatic heterocycles. The van der Waals surface area contributed by atoms with Crippen molar-refractivity contribution in [3.8, 4) is 67.5 Å². The summed E-state index contributed by atoms with van der Waals surface area (Å²) in [5, 5.41) is 0. The number of hydrogen-bond acceptors (Lipinski definition) is 3. The van der Waals surface area contributed by atoms with Crippen molar-refractivity contribution in [2.24, 2.45) is 0 Å². The second kappa shape index (κ2) is 11.9. The summed E-state index contributed by atoms with van der Waals surface area (Å²) in [4.78, 5) is 15.0. The summed E-state index contributed by atoms with van der Waals surface area (Å²) in [6.07, 6.45) is 0. The minimum atomic E-state index is 0.717. The lowest BCUT2D eigenvalue weighted by atomic mass is 9.96. The Morgan fingerprint density at radius 1 is 0.295 bits per heavy atom. The van der Waals surface area contributed by atoms with Gasteiger partial charge in [-0.3, -0.25) is 0 Å². The van der Waals surface area contributed by atoms with Crippen LogP contribution in [0.5, 0.6) is 0 Å². The highest BCUT2D eigenvalue weighted by Gasteiger charge is 2.13. The molecule has 44 heavy (non-hydrogen) atoms. The quantitative estimate of drug-likeness (QED) is 0.201. The van der Waals surface area contributed by atoms with Crippen LogP contribution in [0.1, 0.15) is 11.1 Å². The van der Waals surface area contributed by atoms with Gasteiger partial charge < -0.3 is 0 Å². The fraction of sp³-hybridized carbons (Fsp3) is 0.0488. The Morgan fingerprint density at radius 3 is 1.27 bits per heavy atom. The average molecular weight is 566 g/mol. The third kappa shape index (κ3) is 5.81. The summed E-state index contributed by atoms with van der Waals surface area (Å²) in [5.74, 6) is 0.717. The summed E-state index contributed by atoms with van der Waals surface area (Å²) in [6, 6.07) is 52.6. The molecule has 5 aromatic carbocycles. The maximum Gasteiger partial charge on any atom is 0.160 e. The van der Waals surface area contributed by atoms with Gasteiger partial charge in [0.15, 0.2) is 5.82 Å². The Morgan fingerprint density at radius 2 is 0.705 bits per heavy atom. The Labute approximate surface area is 258 Å². The SMILES string of the molecule is Cc1cc(-c2ccc(-c3cc(C)cc(-c4ccccc4)n3)cc2)cc(-c2cc(-c3ccccc3)nc(-c3ccccc3)n2)c1. The molecular weight excluding hydrogens is 534 g/mol. The number of benzene rings is 5. The fourth-order valence-electron chi connectivity index (χ4n) is 5.57. The summed E-state index contributed by atoms with van der Waals surface area (Å²) >= 11 is 0. The van der Waals surface area contributed by atoms with Gasteiger partial charge in [-0.15, -0.1) is 0 Å². The van der Waals surface area contributed by atoms with Crippen LogP contribution < -0.4 is 0 Å². The molecule has 210 valence electrons. The number of aryl methyl sites for hydroxylation is 2. The van der Waals surface area contributed by atoms with E-state index in [4.69, 9.17) is 15.0 Å². The first-order chi connectivity index (χ1) is 21.6. The normalized spacial score (nSPS) is 11.0. The van der Waals surface area contributed by atoms with Crippen LogP contribution in [0, 0.1) is 13.8 Å². The van der Waals surface area contributed by atoms with Crippen molar-refractivity contribution < 1.29 is 0 Å². The van der Waals surface area contributed by atoms with Crippen molar-refractivity contribution in [1.29, 1.82) is 0 Å². The van der Waals surface area contributed by atoms with Gasteiger partial charge in [0.1, 0.15) is 0 Å². The molecule has 0 spiro atoms. The van der Waals surface area contributed by atoms with Gasteiger partial charge in [0.2, 0.25) is 0 Å². The maximum absolute atomic E-state index is 5.05. The van der Waals surface area contributed by atoms with Crippen molar-refractivity contribution in [2.75, 3.05) is 0 Å². The lowest BCUT2D eigenvalue weighted by Gasteiger charge is -2.12. The zero-order chi connectivity index (χ0) is 29.9. The molecule has 7 rings (SSSR count). The minimum absolute atomic E-state index is 0.717. The van der Waals surface area contributed by atoms with E-state index in [2.05, 4.69) is 123 Å². The van der Waals surface area contributed by atoms with Gasteiger partial charge in [-0.1, -0.05) is 121 Å². The van der Waals surface area contributed by atoms with Gasteiger partial charge in [0, 0.05) is 27.8 Å². The van der Waals surface area contributed by atoms with Crippen molar-refractivity contribution in [3.63, 3.8) is 0 Å². The highest BCUT2D eigenvalue weighted by molar-refractivity contribution is 5.78. The standard InChI is InChI=1S/C41H31N3/c1-28-22-35(30-18-20-33(21-19-30)38-25-29(2)24-37(42-38)31-12-6-3-7-13-31)26-36(23-28)40-27-39(32-14-8-4-9-15-32)43-41(44-40)34-16-10-5-11-17-34/h3-27H,1-2H3. The van der Waals surface area contributed by atoms with Crippen LogP contribution in [0.25, 0.3) is 67.5 Å². The summed E-state index contributed by atoms with van der Waals surface area (Å²) in [5.41, 5.74) is 13.8. The summed E-state index contributed by atoms with van der Waals surface area (Å²) < 4.78 is 0. The molecule has 0 N–H and O–H groups in total. The maximum atomic E-state index is 5.05. The van der Waals surface area contributed by atoms with E-state index in [1.807, 2.05) is 42.5 Å². The highest BCUT2D eigenvalue weighted by Crippen LogP contribution is 2.32. The number of aromatic nitrogens is 3. The van der Waals surface area contributed by atoms with Crippen molar-refractivity contribution in [3.05, 3.63) is 163 Å². The van der Waals surface area contributed by atoms with Crippen LogP contribution in [-0.4, -0.2) is 15.0 Å². The molecule has 0 aliphatic rings. The van der Waals surface area contributed by atoms with E-state index in [-0.39, 0.29) is 0 Å². The van der Waals surface area contributed by atoms with Crippen molar-refractivity contribution >= 4 is 0 Å². The van der Waals surface area contributed by atoms with Gasteiger partial charge in [-0.25, -0.2) is 15.0 Å². The zero-order valence-corrected chi connectivity index (χ0v) is 24.8. The van der Waals surface area contributed by atoms with Gasteiger partial charge in [-0.05, 0) is 66.4 Å². The first kappa shape index (κ1) is 27.2. The predicted octanol–water partition coefficient (Wildman–Crippen LogP) is 10.5. The molecule has 0 radical (unpaired) electrons. The van der Waals surface area contributed by atoms with Crippen LogP contribution in [0.2, 0.25) is 0 Å². The van der Waals surface area contributed by atoms with E-state index in [9.17, 15) is 0 Å². The van der Waals surface area contributed by atoms with E-state index in [0.29, 0.717) is 0 Å². The molecule has 0 aliphatic carbocycles. The van der Waals surface area contributed by atoms with Crippen LogP contribution in [-0.2, 0) is 0 Å². The molecule has 0 amide bonds. The molecule has 0 aliphatic heterocycles. The molecule has 0 fully saturated rings. The molecule has 0 bridgehead atoms. The minimum Gasteiger partial charge on any atom is -0.248 e. The second-order valence-electron chi connectivity index (χ2n) is 11.1. The van der Waals surface area contributed by atoms with E-state index in [1.165, 1.54) is 11.1 Å². The van der Waals surface area contributed by atoms with Gasteiger partial charge in [0.25, 0.3) is 0 Å².